The number of halogens is 2. The van der Waals surface area contributed by atoms with Gasteiger partial charge in [-0.25, -0.2) is 4.98 Å². The molecule has 0 amide bonds. The summed E-state index contributed by atoms with van der Waals surface area (Å²) in [6, 6.07) is 5.38. The Hall–Kier alpha value is -1.11. The molecule has 1 fully saturated rings. The first-order chi connectivity index (χ1) is 11.7. The maximum atomic E-state index is 9.31. The molecule has 3 rings (SSSR count). The molecule has 0 spiro atoms. The largest absolute Gasteiger partial charge is 0.394 e. The smallest absolute Gasteiger partial charge is 0.158 e. The van der Waals surface area contributed by atoms with Crippen molar-refractivity contribution in [1.29, 1.82) is 0 Å². The van der Waals surface area contributed by atoms with Crippen LogP contribution in [-0.2, 0) is 16.0 Å². The van der Waals surface area contributed by atoms with Crippen LogP contribution in [0.4, 0.5) is 0 Å². The lowest BCUT2D eigenvalue weighted by Gasteiger charge is -2.32. The van der Waals surface area contributed by atoms with Gasteiger partial charge in [0.2, 0.25) is 0 Å². The van der Waals surface area contributed by atoms with Crippen LogP contribution in [0, 0.1) is 0 Å². The van der Waals surface area contributed by atoms with E-state index in [1.807, 2.05) is 16.8 Å². The van der Waals surface area contributed by atoms with E-state index in [1.54, 1.807) is 24.7 Å². The highest BCUT2D eigenvalue weighted by atomic mass is 35.5. The second-order valence-corrected chi connectivity index (χ2v) is 6.69. The van der Waals surface area contributed by atoms with Gasteiger partial charge in [-0.05, 0) is 31.4 Å². The summed E-state index contributed by atoms with van der Waals surface area (Å²) < 4.78 is 13.9. The number of rotatable bonds is 6. The van der Waals surface area contributed by atoms with Crippen molar-refractivity contribution in [3.8, 4) is 0 Å². The summed E-state index contributed by atoms with van der Waals surface area (Å²) in [5, 5.41) is 10.5. The number of aliphatic hydroxyl groups is 1. The predicted molar refractivity (Wildman–Crippen MR) is 92.1 cm³/mol. The highest BCUT2D eigenvalue weighted by molar-refractivity contribution is 6.35. The van der Waals surface area contributed by atoms with Crippen molar-refractivity contribution >= 4 is 23.2 Å². The molecule has 2 heterocycles. The van der Waals surface area contributed by atoms with Crippen molar-refractivity contribution < 1.29 is 14.6 Å². The second-order valence-electron chi connectivity index (χ2n) is 5.85. The summed E-state index contributed by atoms with van der Waals surface area (Å²) in [4.78, 5) is 4.07. The first kappa shape index (κ1) is 17.7. The molecular weight excluding hydrogens is 351 g/mol. The Morgan fingerprint density at radius 3 is 2.96 bits per heavy atom. The molecule has 1 aromatic carbocycles. The number of ether oxygens (including phenoxy) is 2. The van der Waals surface area contributed by atoms with Gasteiger partial charge >= 0.3 is 0 Å². The van der Waals surface area contributed by atoms with Crippen LogP contribution in [0.25, 0.3) is 0 Å². The molecule has 1 aliphatic heterocycles. The SMILES string of the molecule is OC[C@H]1CCC[C@H](OC(Cn2ccnc2)c2ccc(Cl)cc2Cl)O1. The fourth-order valence-corrected chi connectivity index (χ4v) is 3.37. The van der Waals surface area contributed by atoms with Gasteiger partial charge in [0.05, 0.1) is 25.6 Å². The van der Waals surface area contributed by atoms with Crippen LogP contribution in [0.1, 0.15) is 30.9 Å². The third-order valence-electron chi connectivity index (χ3n) is 4.08. The molecule has 1 N–H and O–H groups in total. The van der Waals surface area contributed by atoms with Gasteiger partial charge in [0.15, 0.2) is 6.29 Å². The van der Waals surface area contributed by atoms with Gasteiger partial charge in [0.1, 0.15) is 6.10 Å². The maximum Gasteiger partial charge on any atom is 0.158 e. The maximum absolute atomic E-state index is 9.31. The minimum Gasteiger partial charge on any atom is -0.394 e. The van der Waals surface area contributed by atoms with Crippen molar-refractivity contribution in [2.45, 2.75) is 44.3 Å². The highest BCUT2D eigenvalue weighted by Crippen LogP contribution is 2.32. The van der Waals surface area contributed by atoms with Crippen LogP contribution >= 0.6 is 23.2 Å². The van der Waals surface area contributed by atoms with Crippen molar-refractivity contribution in [1.82, 2.24) is 9.55 Å². The molecule has 0 saturated carbocycles. The second kappa shape index (κ2) is 8.32. The van der Waals surface area contributed by atoms with E-state index < -0.39 is 0 Å². The van der Waals surface area contributed by atoms with Gasteiger partial charge in [-0.3, -0.25) is 0 Å². The number of imidazole rings is 1. The first-order valence-corrected chi connectivity index (χ1v) is 8.73. The zero-order chi connectivity index (χ0) is 16.9. The molecular formula is C17H20Cl2N2O3. The number of aromatic nitrogens is 2. The summed E-state index contributed by atoms with van der Waals surface area (Å²) in [7, 11) is 0. The Labute approximate surface area is 151 Å². The van der Waals surface area contributed by atoms with Crippen LogP contribution in [0.15, 0.2) is 36.9 Å². The number of hydrogen-bond acceptors (Lipinski definition) is 4. The molecule has 130 valence electrons. The van der Waals surface area contributed by atoms with E-state index in [0.717, 1.165) is 24.8 Å². The van der Waals surface area contributed by atoms with Crippen molar-refractivity contribution in [2.75, 3.05) is 6.61 Å². The molecule has 5 nitrogen and oxygen atoms in total. The topological polar surface area (TPSA) is 56.5 Å². The zero-order valence-electron chi connectivity index (χ0n) is 13.1. The van der Waals surface area contributed by atoms with Crippen LogP contribution in [0.2, 0.25) is 10.0 Å². The van der Waals surface area contributed by atoms with Crippen molar-refractivity contribution in [2.24, 2.45) is 0 Å². The van der Waals surface area contributed by atoms with Crippen LogP contribution in [0.3, 0.4) is 0 Å². The average molecular weight is 371 g/mol. The van der Waals surface area contributed by atoms with Gasteiger partial charge in [-0.1, -0.05) is 29.3 Å². The summed E-state index contributed by atoms with van der Waals surface area (Å²) in [6.45, 7) is 0.568. The van der Waals surface area contributed by atoms with E-state index in [2.05, 4.69) is 4.98 Å². The quantitative estimate of drug-likeness (QED) is 0.839. The fraction of sp³-hybridized carbons (Fsp3) is 0.471. The summed E-state index contributed by atoms with van der Waals surface area (Å²) in [5.41, 5.74) is 0.851. The molecule has 0 bridgehead atoms. The zero-order valence-corrected chi connectivity index (χ0v) is 14.7. The molecule has 1 saturated heterocycles. The lowest BCUT2D eigenvalue weighted by atomic mass is 10.1. The Kier molecular flexibility index (Phi) is 6.14. The van der Waals surface area contributed by atoms with Crippen LogP contribution < -0.4 is 0 Å². The molecule has 7 heteroatoms. The van der Waals surface area contributed by atoms with E-state index in [4.69, 9.17) is 32.7 Å². The molecule has 1 aromatic heterocycles. The lowest BCUT2D eigenvalue weighted by Crippen LogP contribution is -2.33. The third kappa shape index (κ3) is 4.49. The predicted octanol–water partition coefficient (Wildman–Crippen LogP) is 3.84. The Bertz CT molecular complexity index is 651. The van der Waals surface area contributed by atoms with Crippen LogP contribution in [-0.4, -0.2) is 33.7 Å². The van der Waals surface area contributed by atoms with Gasteiger partial charge in [-0.15, -0.1) is 0 Å². The van der Waals surface area contributed by atoms with E-state index >= 15 is 0 Å². The van der Waals surface area contributed by atoms with E-state index in [1.165, 1.54) is 0 Å². The van der Waals surface area contributed by atoms with Gasteiger partial charge in [-0.2, -0.15) is 0 Å². The van der Waals surface area contributed by atoms with Crippen LogP contribution in [0.5, 0.6) is 0 Å². The molecule has 0 aliphatic carbocycles. The summed E-state index contributed by atoms with van der Waals surface area (Å²) in [6.07, 6.45) is 7.10. The van der Waals surface area contributed by atoms with Crippen molar-refractivity contribution in [3.63, 3.8) is 0 Å². The fourth-order valence-electron chi connectivity index (χ4n) is 2.84. The monoisotopic (exact) mass is 370 g/mol. The van der Waals surface area contributed by atoms with E-state index in [9.17, 15) is 5.11 Å². The lowest BCUT2D eigenvalue weighted by molar-refractivity contribution is -0.224. The Morgan fingerprint density at radius 1 is 1.38 bits per heavy atom. The van der Waals surface area contributed by atoms with E-state index in [-0.39, 0.29) is 25.1 Å². The van der Waals surface area contributed by atoms with Gasteiger partial charge in [0.25, 0.3) is 0 Å². The van der Waals surface area contributed by atoms with Gasteiger partial charge < -0.3 is 19.1 Å². The summed E-state index contributed by atoms with van der Waals surface area (Å²) >= 11 is 12.4. The standard InChI is InChI=1S/C17H20Cl2N2O3/c18-12-4-5-14(15(19)8-12)16(9-21-7-6-20-11-21)24-17-3-1-2-13(10-22)23-17/h4-8,11,13,16-17,22H,1-3,9-10H2/t13-,16?,17+/m1/s1. The summed E-state index contributed by atoms with van der Waals surface area (Å²) in [5.74, 6) is 0. The minimum absolute atomic E-state index is 0.00769. The first-order valence-electron chi connectivity index (χ1n) is 7.98. The molecule has 1 aliphatic rings. The molecule has 3 atom stereocenters. The Morgan fingerprint density at radius 2 is 2.25 bits per heavy atom. The van der Waals surface area contributed by atoms with E-state index in [0.29, 0.717) is 16.6 Å². The number of aliphatic hydroxyl groups excluding tert-OH is 1. The molecule has 0 radical (unpaired) electrons. The molecule has 1 unspecified atom stereocenters. The minimum atomic E-state index is -0.365. The average Bonchev–Trinajstić information content (AvgIpc) is 3.07. The number of hydrogen-bond donors (Lipinski definition) is 1. The molecule has 24 heavy (non-hydrogen) atoms. The Balaban J connectivity index is 1.79. The van der Waals surface area contributed by atoms with Crippen molar-refractivity contribution in [3.05, 3.63) is 52.5 Å². The third-order valence-corrected chi connectivity index (χ3v) is 4.64. The highest BCUT2D eigenvalue weighted by Gasteiger charge is 2.27. The molecule has 2 aromatic rings. The number of nitrogens with zero attached hydrogens (tertiary/aromatic N) is 2. The normalized spacial score (nSPS) is 22.5. The number of benzene rings is 1. The van der Waals surface area contributed by atoms with Gasteiger partial charge in [0, 0.05) is 28.0 Å².